The Labute approximate surface area is 226 Å². The summed E-state index contributed by atoms with van der Waals surface area (Å²) in [5, 5.41) is 2.60. The fraction of sp³-hybridized carbons (Fsp3) is 0.167. The number of barbiturate groups is 1. The van der Waals surface area contributed by atoms with Gasteiger partial charge in [-0.3, -0.25) is 14.9 Å². The van der Waals surface area contributed by atoms with Gasteiger partial charge in [-0.2, -0.15) is 0 Å². The predicted molar refractivity (Wildman–Crippen MR) is 148 cm³/mol. The summed E-state index contributed by atoms with van der Waals surface area (Å²) in [5.74, 6) is -0.570. The molecule has 0 aromatic heterocycles. The second-order valence-electron chi connectivity index (χ2n) is 8.87. The Morgan fingerprint density at radius 1 is 1.03 bits per heavy atom. The molecule has 0 aliphatic carbocycles. The number of methoxy groups -OCH3 is 1. The zero-order valence-corrected chi connectivity index (χ0v) is 22.1. The van der Waals surface area contributed by atoms with Crippen LogP contribution in [0, 0.1) is 13.8 Å². The van der Waals surface area contributed by atoms with Crippen molar-refractivity contribution in [2.75, 3.05) is 12.0 Å². The Hall–Kier alpha value is -4.36. The van der Waals surface area contributed by atoms with Gasteiger partial charge in [-0.15, -0.1) is 6.58 Å². The van der Waals surface area contributed by atoms with E-state index >= 15 is 0 Å². The van der Waals surface area contributed by atoms with Gasteiger partial charge in [0.2, 0.25) is 0 Å². The Morgan fingerprint density at radius 3 is 2.45 bits per heavy atom. The molecule has 7 nitrogen and oxygen atoms in total. The lowest BCUT2D eigenvalue weighted by Gasteiger charge is -2.27. The van der Waals surface area contributed by atoms with E-state index in [4.69, 9.17) is 21.1 Å². The van der Waals surface area contributed by atoms with Crippen LogP contribution in [0.4, 0.5) is 10.5 Å². The largest absolute Gasteiger partial charge is 0.493 e. The molecule has 194 valence electrons. The summed E-state index contributed by atoms with van der Waals surface area (Å²) in [6.07, 6.45) is 3.62. The molecule has 0 radical (unpaired) electrons. The van der Waals surface area contributed by atoms with E-state index in [-0.39, 0.29) is 5.57 Å². The van der Waals surface area contributed by atoms with Crippen molar-refractivity contribution in [2.24, 2.45) is 0 Å². The Kier molecular flexibility index (Phi) is 7.98. The highest BCUT2D eigenvalue weighted by atomic mass is 35.5. The monoisotopic (exact) mass is 530 g/mol. The van der Waals surface area contributed by atoms with E-state index in [0.717, 1.165) is 21.6 Å². The minimum absolute atomic E-state index is 0.205. The molecule has 1 N–H and O–H groups in total. The molecule has 1 saturated heterocycles. The van der Waals surface area contributed by atoms with E-state index in [0.29, 0.717) is 46.4 Å². The van der Waals surface area contributed by atoms with Gasteiger partial charge in [0.1, 0.15) is 12.2 Å². The lowest BCUT2D eigenvalue weighted by atomic mass is 10.0. The summed E-state index contributed by atoms with van der Waals surface area (Å²) in [7, 11) is 1.52. The molecule has 38 heavy (non-hydrogen) atoms. The molecule has 3 aromatic rings. The number of nitrogens with one attached hydrogen (secondary N) is 1. The lowest BCUT2D eigenvalue weighted by Crippen LogP contribution is -2.54. The number of nitrogens with zero attached hydrogens (tertiary/aromatic N) is 1. The van der Waals surface area contributed by atoms with Crippen molar-refractivity contribution >= 4 is 41.2 Å². The highest BCUT2D eigenvalue weighted by molar-refractivity contribution is 6.39. The molecule has 1 fully saturated rings. The fourth-order valence-electron chi connectivity index (χ4n) is 4.10. The summed E-state index contributed by atoms with van der Waals surface area (Å²) in [6.45, 7) is 7.93. The molecule has 0 spiro atoms. The Balaban J connectivity index is 1.71. The van der Waals surface area contributed by atoms with Gasteiger partial charge in [0.05, 0.1) is 12.8 Å². The molecule has 4 amide bonds. The van der Waals surface area contributed by atoms with Crippen molar-refractivity contribution < 1.29 is 23.9 Å². The van der Waals surface area contributed by atoms with Crippen LogP contribution in [0.2, 0.25) is 5.02 Å². The minimum Gasteiger partial charge on any atom is -0.493 e. The first-order chi connectivity index (χ1) is 18.2. The first kappa shape index (κ1) is 26.7. The lowest BCUT2D eigenvalue weighted by molar-refractivity contribution is -0.122. The number of hydrogen-bond donors (Lipinski definition) is 1. The van der Waals surface area contributed by atoms with Crippen LogP contribution < -0.4 is 19.7 Å². The van der Waals surface area contributed by atoms with Crippen molar-refractivity contribution in [3.8, 4) is 11.5 Å². The fourth-order valence-corrected chi connectivity index (χ4v) is 4.26. The molecule has 1 aliphatic rings. The van der Waals surface area contributed by atoms with E-state index in [1.165, 1.54) is 19.3 Å². The average molecular weight is 531 g/mol. The molecular formula is C30H27ClN2O5. The number of rotatable bonds is 8. The first-order valence-corrected chi connectivity index (χ1v) is 12.3. The number of imide groups is 2. The molecule has 0 saturated carbocycles. The van der Waals surface area contributed by atoms with Crippen LogP contribution in [0.1, 0.15) is 27.8 Å². The summed E-state index contributed by atoms with van der Waals surface area (Å²) in [4.78, 5) is 39.6. The van der Waals surface area contributed by atoms with Crippen molar-refractivity contribution in [1.29, 1.82) is 0 Å². The van der Waals surface area contributed by atoms with Gasteiger partial charge < -0.3 is 9.47 Å². The summed E-state index contributed by atoms with van der Waals surface area (Å²) in [5.41, 5.74) is 4.18. The van der Waals surface area contributed by atoms with Crippen molar-refractivity contribution in [1.82, 2.24) is 5.32 Å². The number of anilines is 1. The van der Waals surface area contributed by atoms with Crippen LogP contribution in [0.15, 0.2) is 72.8 Å². The third kappa shape index (κ3) is 5.63. The zero-order chi connectivity index (χ0) is 27.4. The summed E-state index contributed by atoms with van der Waals surface area (Å²) in [6, 6.07) is 15.5. The van der Waals surface area contributed by atoms with E-state index in [9.17, 15) is 14.4 Å². The average Bonchev–Trinajstić information content (AvgIpc) is 2.88. The van der Waals surface area contributed by atoms with E-state index in [1.807, 2.05) is 31.2 Å². The van der Waals surface area contributed by atoms with Crippen LogP contribution in [0.25, 0.3) is 6.08 Å². The number of halogens is 1. The molecule has 0 bridgehead atoms. The maximum Gasteiger partial charge on any atom is 0.335 e. The van der Waals surface area contributed by atoms with E-state index in [2.05, 4.69) is 11.9 Å². The molecular weight excluding hydrogens is 504 g/mol. The molecule has 0 unspecified atom stereocenters. The van der Waals surface area contributed by atoms with Crippen LogP contribution in [0.3, 0.4) is 0 Å². The molecule has 8 heteroatoms. The normalized spacial score (nSPS) is 14.5. The van der Waals surface area contributed by atoms with Gasteiger partial charge >= 0.3 is 6.03 Å². The third-order valence-corrected chi connectivity index (χ3v) is 6.30. The second kappa shape index (κ2) is 11.4. The standard InChI is InChI=1S/C30H27ClN2O5/c1-5-6-22-13-21(15-26(37-4)27(22)38-17-20-10-7-18(2)8-11-20)14-24-28(34)32-30(36)33(29(24)35)25-16-23(31)12-9-19(25)3/h5,7-16H,1,6,17H2,2-4H3,(H,32,34,36)/b24-14+. The van der Waals surface area contributed by atoms with Crippen LogP contribution >= 0.6 is 11.6 Å². The third-order valence-electron chi connectivity index (χ3n) is 6.07. The van der Waals surface area contributed by atoms with Crippen molar-refractivity contribution in [3.05, 3.63) is 106 Å². The predicted octanol–water partition coefficient (Wildman–Crippen LogP) is 5.94. The molecule has 3 aromatic carbocycles. The summed E-state index contributed by atoms with van der Waals surface area (Å²) >= 11 is 6.11. The topological polar surface area (TPSA) is 84.9 Å². The van der Waals surface area contributed by atoms with E-state index < -0.39 is 17.8 Å². The number of carbonyl (C=O) groups excluding carboxylic acids is 3. The highest BCUT2D eigenvalue weighted by Gasteiger charge is 2.37. The van der Waals surface area contributed by atoms with Gasteiger partial charge in [0, 0.05) is 10.6 Å². The number of urea groups is 1. The number of ether oxygens (including phenoxy) is 2. The minimum atomic E-state index is -0.840. The molecule has 4 rings (SSSR count). The van der Waals surface area contributed by atoms with Gasteiger partial charge in [-0.1, -0.05) is 53.6 Å². The number of hydrogen-bond acceptors (Lipinski definition) is 5. The SMILES string of the molecule is C=CCc1cc(/C=C2\C(=O)NC(=O)N(c3cc(Cl)ccc3C)C2=O)cc(OC)c1OCc1ccc(C)cc1. The van der Waals surface area contributed by atoms with Gasteiger partial charge in [0.15, 0.2) is 11.5 Å². The van der Waals surface area contributed by atoms with Crippen molar-refractivity contribution in [3.63, 3.8) is 0 Å². The summed E-state index contributed by atoms with van der Waals surface area (Å²) < 4.78 is 11.7. The van der Waals surface area contributed by atoms with Gasteiger partial charge in [-0.05, 0) is 67.3 Å². The maximum atomic E-state index is 13.4. The Bertz CT molecular complexity index is 1460. The number of aryl methyl sites for hydroxylation is 2. The molecule has 0 atom stereocenters. The highest BCUT2D eigenvalue weighted by Crippen LogP contribution is 2.36. The van der Waals surface area contributed by atoms with Crippen LogP contribution in [-0.4, -0.2) is 25.0 Å². The second-order valence-corrected chi connectivity index (χ2v) is 9.30. The number of allylic oxidation sites excluding steroid dienone is 1. The first-order valence-electron chi connectivity index (χ1n) is 11.9. The van der Waals surface area contributed by atoms with Crippen LogP contribution in [0.5, 0.6) is 11.5 Å². The quantitative estimate of drug-likeness (QED) is 0.221. The van der Waals surface area contributed by atoms with Gasteiger partial charge in [-0.25, -0.2) is 9.69 Å². The number of amides is 4. The van der Waals surface area contributed by atoms with Gasteiger partial charge in [0.25, 0.3) is 11.8 Å². The zero-order valence-electron chi connectivity index (χ0n) is 21.3. The van der Waals surface area contributed by atoms with Crippen molar-refractivity contribution in [2.45, 2.75) is 26.9 Å². The molecule has 1 heterocycles. The van der Waals surface area contributed by atoms with E-state index in [1.54, 1.807) is 37.3 Å². The molecule has 1 aliphatic heterocycles. The number of benzene rings is 3. The van der Waals surface area contributed by atoms with Crippen LogP contribution in [-0.2, 0) is 22.6 Å². The Morgan fingerprint density at radius 2 is 1.76 bits per heavy atom. The number of carbonyl (C=O) groups is 3. The maximum absolute atomic E-state index is 13.4. The smallest absolute Gasteiger partial charge is 0.335 e.